The molecule has 1 aromatic carbocycles. The molecule has 5 heteroatoms. The largest absolute Gasteiger partial charge is 0.493 e. The van der Waals surface area contributed by atoms with E-state index in [1.807, 2.05) is 13.8 Å². The van der Waals surface area contributed by atoms with Gasteiger partial charge in [0, 0.05) is 6.07 Å². The number of likely N-dealkylation sites (N-methyl/N-ethyl adjacent to an activating group) is 1. The first-order chi connectivity index (χ1) is 9.92. The summed E-state index contributed by atoms with van der Waals surface area (Å²) in [6.07, 6.45) is 2.24. The van der Waals surface area contributed by atoms with E-state index >= 15 is 0 Å². The highest BCUT2D eigenvalue weighted by atomic mass is 19.1. The monoisotopic (exact) mass is 297 g/mol. The van der Waals surface area contributed by atoms with Gasteiger partial charge in [-0.3, -0.25) is 4.79 Å². The third-order valence-electron chi connectivity index (χ3n) is 3.67. The summed E-state index contributed by atoms with van der Waals surface area (Å²) in [5.41, 5.74) is 0.231. The van der Waals surface area contributed by atoms with Gasteiger partial charge in [0.2, 0.25) is 0 Å². The molecule has 0 aliphatic rings. The Bertz CT molecular complexity index is 479. The number of benzene rings is 1. The van der Waals surface area contributed by atoms with Crippen LogP contribution in [0.1, 0.15) is 31.7 Å². The Morgan fingerprint density at radius 1 is 1.38 bits per heavy atom. The molecule has 0 bridgehead atoms. The second-order valence-corrected chi connectivity index (χ2v) is 5.29. The quantitative estimate of drug-likeness (QED) is 0.592. The number of nitrogens with one attached hydrogen (secondary N) is 1. The van der Waals surface area contributed by atoms with Crippen molar-refractivity contribution in [1.29, 1.82) is 0 Å². The van der Waals surface area contributed by atoms with Crippen molar-refractivity contribution in [3.8, 4) is 5.75 Å². The van der Waals surface area contributed by atoms with Crippen LogP contribution in [0.15, 0.2) is 18.2 Å². The lowest BCUT2D eigenvalue weighted by atomic mass is 9.95. The number of hydrogen-bond donors (Lipinski definition) is 1. The zero-order valence-corrected chi connectivity index (χ0v) is 13.2. The zero-order valence-electron chi connectivity index (χ0n) is 13.2. The van der Waals surface area contributed by atoms with E-state index in [4.69, 9.17) is 9.47 Å². The minimum atomic E-state index is -0.677. The normalized spacial score (nSPS) is 13.6. The molecule has 1 rings (SSSR count). The van der Waals surface area contributed by atoms with Gasteiger partial charge in [0.05, 0.1) is 13.7 Å². The van der Waals surface area contributed by atoms with Gasteiger partial charge < -0.3 is 14.8 Å². The lowest BCUT2D eigenvalue weighted by Crippen LogP contribution is -2.48. The van der Waals surface area contributed by atoms with Crippen molar-refractivity contribution in [2.24, 2.45) is 0 Å². The number of methoxy groups -OCH3 is 1. The summed E-state index contributed by atoms with van der Waals surface area (Å²) in [5.74, 6) is -0.00436. The number of rotatable bonds is 8. The number of carbonyl (C=O) groups excluding carboxylic acids is 1. The van der Waals surface area contributed by atoms with Crippen LogP contribution in [0.2, 0.25) is 0 Å². The topological polar surface area (TPSA) is 47.6 Å². The molecule has 4 nitrogen and oxygen atoms in total. The average molecular weight is 297 g/mol. The molecule has 0 radical (unpaired) electrons. The van der Waals surface area contributed by atoms with E-state index in [0.29, 0.717) is 18.8 Å². The molecule has 0 amide bonds. The summed E-state index contributed by atoms with van der Waals surface area (Å²) in [6.45, 7) is 4.19. The van der Waals surface area contributed by atoms with Crippen LogP contribution in [0.3, 0.4) is 0 Å². The molecule has 1 atom stereocenters. The lowest BCUT2D eigenvalue weighted by molar-refractivity contribution is -0.148. The number of esters is 1. The maximum Gasteiger partial charge on any atom is 0.325 e. The molecule has 0 spiro atoms. The van der Waals surface area contributed by atoms with Crippen molar-refractivity contribution >= 4 is 5.97 Å². The Hall–Kier alpha value is -1.62. The Balaban J connectivity index is 2.37. The number of halogens is 1. The van der Waals surface area contributed by atoms with Crippen LogP contribution in [0.25, 0.3) is 0 Å². The van der Waals surface area contributed by atoms with Crippen molar-refractivity contribution in [2.45, 2.75) is 38.6 Å². The Morgan fingerprint density at radius 3 is 2.71 bits per heavy atom. The second kappa shape index (κ2) is 7.98. The summed E-state index contributed by atoms with van der Waals surface area (Å²) in [7, 11) is 3.12. The molecule has 118 valence electrons. The van der Waals surface area contributed by atoms with Crippen molar-refractivity contribution in [2.75, 3.05) is 20.8 Å². The molecule has 0 heterocycles. The highest BCUT2D eigenvalue weighted by Gasteiger charge is 2.31. The predicted octanol–water partition coefficient (Wildman–Crippen LogP) is 2.83. The molecule has 0 aromatic heterocycles. The number of carbonyl (C=O) groups is 1. The van der Waals surface area contributed by atoms with Gasteiger partial charge >= 0.3 is 5.97 Å². The van der Waals surface area contributed by atoms with E-state index in [1.165, 1.54) is 19.2 Å². The van der Waals surface area contributed by atoms with Crippen LogP contribution in [-0.4, -0.2) is 32.3 Å². The van der Waals surface area contributed by atoms with Crippen LogP contribution in [0, 0.1) is 12.7 Å². The first-order valence-electron chi connectivity index (χ1n) is 7.09. The molecule has 21 heavy (non-hydrogen) atoms. The molecule has 0 saturated heterocycles. The van der Waals surface area contributed by atoms with E-state index in [0.717, 1.165) is 18.4 Å². The van der Waals surface area contributed by atoms with E-state index in [9.17, 15) is 9.18 Å². The van der Waals surface area contributed by atoms with Crippen LogP contribution in [0.5, 0.6) is 5.75 Å². The van der Waals surface area contributed by atoms with Crippen LogP contribution in [-0.2, 0) is 9.53 Å². The fourth-order valence-corrected chi connectivity index (χ4v) is 2.05. The molecule has 0 aliphatic heterocycles. The molecular formula is C16H24FNO3. The van der Waals surface area contributed by atoms with Crippen LogP contribution in [0.4, 0.5) is 4.39 Å². The molecule has 0 saturated carbocycles. The highest BCUT2D eigenvalue weighted by molar-refractivity contribution is 5.80. The number of unbranched alkanes of at least 4 members (excludes halogenated alkanes) is 1. The molecule has 0 aliphatic carbocycles. The second-order valence-electron chi connectivity index (χ2n) is 5.29. The van der Waals surface area contributed by atoms with E-state index in [1.54, 1.807) is 13.1 Å². The summed E-state index contributed by atoms with van der Waals surface area (Å²) in [6, 6.07) is 4.50. The summed E-state index contributed by atoms with van der Waals surface area (Å²) in [4.78, 5) is 11.7. The Kier molecular flexibility index (Phi) is 6.62. The van der Waals surface area contributed by atoms with E-state index in [-0.39, 0.29) is 11.8 Å². The maximum atomic E-state index is 13.1. The van der Waals surface area contributed by atoms with Crippen molar-refractivity contribution < 1.29 is 18.7 Å². The van der Waals surface area contributed by atoms with Gasteiger partial charge in [-0.15, -0.1) is 0 Å². The third kappa shape index (κ3) is 5.01. The number of aryl methyl sites for hydroxylation is 1. The first-order valence-corrected chi connectivity index (χ1v) is 7.09. The molecule has 1 unspecified atom stereocenters. The molecule has 1 N–H and O–H groups in total. The van der Waals surface area contributed by atoms with Crippen LogP contribution < -0.4 is 10.1 Å². The van der Waals surface area contributed by atoms with Crippen LogP contribution >= 0.6 is 0 Å². The maximum absolute atomic E-state index is 13.1. The number of hydrogen-bond acceptors (Lipinski definition) is 4. The van der Waals surface area contributed by atoms with Gasteiger partial charge in [-0.1, -0.05) is 6.07 Å². The minimum absolute atomic E-state index is 0.271. The smallest absolute Gasteiger partial charge is 0.325 e. The Labute approximate surface area is 125 Å². The van der Waals surface area contributed by atoms with Crippen molar-refractivity contribution in [1.82, 2.24) is 5.32 Å². The van der Waals surface area contributed by atoms with Gasteiger partial charge in [0.15, 0.2) is 0 Å². The Morgan fingerprint density at radius 2 is 2.10 bits per heavy atom. The van der Waals surface area contributed by atoms with Gasteiger partial charge in [0.1, 0.15) is 17.1 Å². The van der Waals surface area contributed by atoms with Gasteiger partial charge in [0.25, 0.3) is 0 Å². The SMILES string of the molecule is CNC(C)(CCCCOc1cc(F)ccc1C)C(=O)OC. The van der Waals surface area contributed by atoms with E-state index < -0.39 is 5.54 Å². The van der Waals surface area contributed by atoms with Gasteiger partial charge in [-0.05, 0) is 51.8 Å². The molecular weight excluding hydrogens is 273 g/mol. The van der Waals surface area contributed by atoms with Gasteiger partial charge in [-0.25, -0.2) is 4.39 Å². The third-order valence-corrected chi connectivity index (χ3v) is 3.67. The lowest BCUT2D eigenvalue weighted by Gasteiger charge is -2.25. The molecule has 0 fully saturated rings. The molecule has 1 aromatic rings. The van der Waals surface area contributed by atoms with E-state index in [2.05, 4.69) is 5.32 Å². The minimum Gasteiger partial charge on any atom is -0.493 e. The predicted molar refractivity (Wildman–Crippen MR) is 80.0 cm³/mol. The zero-order chi connectivity index (χ0) is 15.9. The van der Waals surface area contributed by atoms with Crippen molar-refractivity contribution in [3.05, 3.63) is 29.6 Å². The number of ether oxygens (including phenoxy) is 2. The standard InChI is InChI=1S/C16H24FNO3/c1-12-7-8-13(17)11-14(12)21-10-6-5-9-16(2,18-3)15(19)20-4/h7-8,11,18H,5-6,9-10H2,1-4H3. The summed E-state index contributed by atoms with van der Waals surface area (Å²) in [5, 5.41) is 2.99. The fourth-order valence-electron chi connectivity index (χ4n) is 2.05. The summed E-state index contributed by atoms with van der Waals surface area (Å²) < 4.78 is 23.5. The van der Waals surface area contributed by atoms with Crippen molar-refractivity contribution in [3.63, 3.8) is 0 Å². The first kappa shape index (κ1) is 17.4. The van der Waals surface area contributed by atoms with Gasteiger partial charge in [-0.2, -0.15) is 0 Å². The average Bonchev–Trinajstić information content (AvgIpc) is 2.49. The fraction of sp³-hybridized carbons (Fsp3) is 0.562. The summed E-state index contributed by atoms with van der Waals surface area (Å²) >= 11 is 0. The highest BCUT2D eigenvalue weighted by Crippen LogP contribution is 2.20.